The van der Waals surface area contributed by atoms with Crippen LogP contribution >= 0.6 is 11.3 Å². The molecule has 0 unspecified atom stereocenters. The van der Waals surface area contributed by atoms with E-state index in [9.17, 15) is 0 Å². The van der Waals surface area contributed by atoms with Crippen molar-refractivity contribution in [3.8, 4) is 12.1 Å². The molecule has 0 saturated carbocycles. The van der Waals surface area contributed by atoms with Crippen LogP contribution in [0.4, 0.5) is 0 Å². The van der Waals surface area contributed by atoms with Crippen molar-refractivity contribution in [1.29, 1.82) is 10.5 Å². The Kier molecular flexibility index (Phi) is 4.50. The summed E-state index contributed by atoms with van der Waals surface area (Å²) in [6.45, 7) is 2.06. The van der Waals surface area contributed by atoms with Gasteiger partial charge in [-0.1, -0.05) is 36.4 Å². The third kappa shape index (κ3) is 3.45. The molecule has 0 atom stereocenters. The minimum Gasteiger partial charge on any atom is -0.192 e. The molecule has 2 nitrogen and oxygen atoms in total. The zero-order chi connectivity index (χ0) is 14.4. The molecule has 0 aliphatic carbocycles. The highest BCUT2D eigenvalue weighted by molar-refractivity contribution is 7.14. The third-order valence-corrected chi connectivity index (χ3v) is 3.89. The Bertz CT molecular complexity index is 721. The van der Waals surface area contributed by atoms with E-state index in [1.165, 1.54) is 0 Å². The van der Waals surface area contributed by atoms with Crippen molar-refractivity contribution in [3.05, 3.63) is 63.4 Å². The van der Waals surface area contributed by atoms with E-state index in [4.69, 9.17) is 10.5 Å². The summed E-state index contributed by atoms with van der Waals surface area (Å²) in [5, 5.41) is 17.5. The predicted molar refractivity (Wildman–Crippen MR) is 83.5 cm³/mol. The Labute approximate surface area is 122 Å². The molecule has 2 rings (SSSR count). The van der Waals surface area contributed by atoms with Gasteiger partial charge in [-0.3, -0.25) is 0 Å². The highest BCUT2D eigenvalue weighted by Gasteiger charge is 2.02. The second kappa shape index (κ2) is 6.52. The van der Waals surface area contributed by atoms with Crippen LogP contribution < -0.4 is 0 Å². The lowest BCUT2D eigenvalue weighted by Gasteiger charge is -1.97. The second-order valence-electron chi connectivity index (χ2n) is 4.22. The van der Waals surface area contributed by atoms with Crippen molar-refractivity contribution in [2.24, 2.45) is 0 Å². The Balaban J connectivity index is 2.26. The molecular formula is C17H12N2S. The zero-order valence-electron chi connectivity index (χ0n) is 11.0. The minimum absolute atomic E-state index is 0.128. The van der Waals surface area contributed by atoms with Crippen LogP contribution in [0.5, 0.6) is 0 Å². The Hall–Kier alpha value is -2.62. The molecule has 3 heteroatoms. The fourth-order valence-electron chi connectivity index (χ4n) is 1.74. The van der Waals surface area contributed by atoms with E-state index in [1.54, 1.807) is 17.4 Å². The molecule has 0 bridgehead atoms. The van der Waals surface area contributed by atoms with E-state index < -0.39 is 0 Å². The molecule has 0 saturated heterocycles. The van der Waals surface area contributed by atoms with Gasteiger partial charge in [0.25, 0.3) is 0 Å². The minimum atomic E-state index is 0.128. The molecule has 1 heterocycles. The molecule has 0 amide bonds. The lowest BCUT2D eigenvalue weighted by atomic mass is 10.1. The van der Waals surface area contributed by atoms with Crippen LogP contribution in [0.3, 0.4) is 0 Å². The quantitative estimate of drug-likeness (QED) is 0.760. The van der Waals surface area contributed by atoms with Crippen molar-refractivity contribution in [2.75, 3.05) is 0 Å². The fourth-order valence-corrected chi connectivity index (χ4v) is 2.67. The molecule has 1 aromatic heterocycles. The maximum absolute atomic E-state index is 8.75. The van der Waals surface area contributed by atoms with Gasteiger partial charge in [0.1, 0.15) is 17.7 Å². The topological polar surface area (TPSA) is 47.6 Å². The maximum Gasteiger partial charge on any atom is 0.131 e. The SMILES string of the molecule is CC(=Cc1ccccc1)c1ccc(C=C(C#N)C#N)s1. The zero-order valence-corrected chi connectivity index (χ0v) is 11.8. The van der Waals surface area contributed by atoms with E-state index in [1.807, 2.05) is 42.5 Å². The van der Waals surface area contributed by atoms with Crippen molar-refractivity contribution in [2.45, 2.75) is 6.92 Å². The van der Waals surface area contributed by atoms with Crippen molar-refractivity contribution in [3.63, 3.8) is 0 Å². The van der Waals surface area contributed by atoms with Crippen LogP contribution in [0.15, 0.2) is 48.0 Å². The molecule has 0 aliphatic rings. The third-order valence-electron chi connectivity index (χ3n) is 2.73. The van der Waals surface area contributed by atoms with Crippen LogP contribution in [-0.2, 0) is 0 Å². The van der Waals surface area contributed by atoms with Gasteiger partial charge in [0.15, 0.2) is 0 Å². The van der Waals surface area contributed by atoms with Gasteiger partial charge in [-0.15, -0.1) is 11.3 Å². The number of hydrogen-bond acceptors (Lipinski definition) is 3. The number of nitrogens with zero attached hydrogens (tertiary/aromatic N) is 2. The first-order valence-corrected chi connectivity index (χ1v) is 6.90. The number of nitriles is 2. The largest absolute Gasteiger partial charge is 0.192 e. The smallest absolute Gasteiger partial charge is 0.131 e. The monoisotopic (exact) mass is 276 g/mol. The molecule has 96 valence electrons. The summed E-state index contributed by atoms with van der Waals surface area (Å²) in [5.41, 5.74) is 2.45. The van der Waals surface area contributed by atoms with E-state index in [0.29, 0.717) is 0 Å². The van der Waals surface area contributed by atoms with Crippen LogP contribution in [-0.4, -0.2) is 0 Å². The number of rotatable bonds is 3. The van der Waals surface area contributed by atoms with Gasteiger partial charge < -0.3 is 0 Å². The van der Waals surface area contributed by atoms with Crippen LogP contribution in [0.1, 0.15) is 22.2 Å². The first-order valence-electron chi connectivity index (χ1n) is 6.08. The highest BCUT2D eigenvalue weighted by atomic mass is 32.1. The molecule has 2 aromatic rings. The first kappa shape index (κ1) is 13.8. The average molecular weight is 276 g/mol. The average Bonchev–Trinajstić information content (AvgIpc) is 2.94. The number of allylic oxidation sites excluding steroid dienone is 2. The van der Waals surface area contributed by atoms with Gasteiger partial charge >= 0.3 is 0 Å². The maximum atomic E-state index is 8.75. The van der Waals surface area contributed by atoms with Gasteiger partial charge in [-0.2, -0.15) is 10.5 Å². The van der Waals surface area contributed by atoms with Crippen LogP contribution in [0.25, 0.3) is 17.7 Å². The highest BCUT2D eigenvalue weighted by Crippen LogP contribution is 2.27. The summed E-state index contributed by atoms with van der Waals surface area (Å²) >= 11 is 1.57. The Morgan fingerprint density at radius 2 is 1.70 bits per heavy atom. The van der Waals surface area contributed by atoms with Crippen molar-refractivity contribution < 1.29 is 0 Å². The molecule has 0 aliphatic heterocycles. The van der Waals surface area contributed by atoms with Gasteiger partial charge in [0, 0.05) is 9.75 Å². The standard InChI is InChI=1S/C17H12N2S/c1-13(9-14-5-3-2-4-6-14)17-8-7-16(20-17)10-15(11-18)12-19/h2-10H,1H3. The van der Waals surface area contributed by atoms with Gasteiger partial charge in [-0.05, 0) is 36.3 Å². The van der Waals surface area contributed by atoms with Gasteiger partial charge in [0.05, 0.1) is 0 Å². The molecule has 0 fully saturated rings. The molecule has 0 spiro atoms. The fraction of sp³-hybridized carbons (Fsp3) is 0.0588. The molecular weight excluding hydrogens is 264 g/mol. The van der Waals surface area contributed by atoms with Gasteiger partial charge in [0.2, 0.25) is 0 Å². The predicted octanol–water partition coefficient (Wildman–Crippen LogP) is 4.74. The summed E-state index contributed by atoms with van der Waals surface area (Å²) in [6, 6.07) is 17.8. The van der Waals surface area contributed by atoms with Crippen molar-refractivity contribution >= 4 is 29.1 Å². The number of thiophene rings is 1. The Morgan fingerprint density at radius 3 is 2.35 bits per heavy atom. The van der Waals surface area contributed by atoms with Gasteiger partial charge in [-0.25, -0.2) is 0 Å². The normalized spacial score (nSPS) is 10.4. The summed E-state index contributed by atoms with van der Waals surface area (Å²) in [6.07, 6.45) is 3.73. The molecule has 0 radical (unpaired) electrons. The number of benzene rings is 1. The summed E-state index contributed by atoms with van der Waals surface area (Å²) in [5.74, 6) is 0. The summed E-state index contributed by atoms with van der Waals surface area (Å²) in [7, 11) is 0. The van der Waals surface area contributed by atoms with Crippen LogP contribution in [0, 0.1) is 22.7 Å². The summed E-state index contributed by atoms with van der Waals surface area (Å²) in [4.78, 5) is 2.05. The van der Waals surface area contributed by atoms with Crippen molar-refractivity contribution in [1.82, 2.24) is 0 Å². The van der Waals surface area contributed by atoms with E-state index in [-0.39, 0.29) is 5.57 Å². The Morgan fingerprint density at radius 1 is 1.00 bits per heavy atom. The number of hydrogen-bond donors (Lipinski definition) is 0. The molecule has 1 aromatic carbocycles. The first-order chi connectivity index (χ1) is 9.72. The lowest BCUT2D eigenvalue weighted by molar-refractivity contribution is 1.47. The molecule has 0 N–H and O–H groups in total. The second-order valence-corrected chi connectivity index (χ2v) is 5.34. The lowest BCUT2D eigenvalue weighted by Crippen LogP contribution is -1.74. The summed E-state index contributed by atoms with van der Waals surface area (Å²) < 4.78 is 0. The van der Waals surface area contributed by atoms with E-state index >= 15 is 0 Å². The van der Waals surface area contributed by atoms with Crippen LogP contribution in [0.2, 0.25) is 0 Å². The van der Waals surface area contributed by atoms with E-state index in [0.717, 1.165) is 20.9 Å². The molecule has 20 heavy (non-hydrogen) atoms. The van der Waals surface area contributed by atoms with E-state index in [2.05, 4.69) is 25.1 Å².